The molecule has 0 radical (unpaired) electrons. The number of benzene rings is 4. The maximum Gasteiger partial charge on any atom is 0.325 e. The lowest BCUT2D eigenvalue weighted by Crippen LogP contribution is -2.28. The molecule has 2 heterocycles. The molecule has 0 saturated heterocycles. The number of carboxylic acid groups (broad SMARTS) is 1. The first-order valence-electron chi connectivity index (χ1n) is 13.8. The van der Waals surface area contributed by atoms with Crippen LogP contribution in [0.25, 0.3) is 22.2 Å². The number of aliphatic carboxylic acids is 1. The SMILES string of the molecule is O=C(O)[C@H](NCc1c(OCc2cccnc2)cc(OCc2cccc(-c3ccccc3)c2Br)c2nonc12)c1ccccc1. The van der Waals surface area contributed by atoms with E-state index >= 15 is 0 Å². The van der Waals surface area contributed by atoms with E-state index in [0.717, 1.165) is 26.7 Å². The maximum atomic E-state index is 12.2. The van der Waals surface area contributed by atoms with Crippen LogP contribution in [0, 0.1) is 0 Å². The fourth-order valence-electron chi connectivity index (χ4n) is 4.88. The Bertz CT molecular complexity index is 1870. The molecule has 0 aliphatic heterocycles. The van der Waals surface area contributed by atoms with Crippen molar-refractivity contribution in [3.8, 4) is 22.6 Å². The number of hydrogen-bond acceptors (Lipinski definition) is 8. The highest BCUT2D eigenvalue weighted by Gasteiger charge is 2.24. The Hall–Kier alpha value is -5.06. The molecule has 10 heteroatoms. The number of ether oxygens (including phenoxy) is 2. The van der Waals surface area contributed by atoms with Crippen molar-refractivity contribution in [3.05, 3.63) is 136 Å². The Morgan fingerprint density at radius 2 is 1.61 bits per heavy atom. The number of pyridine rings is 1. The van der Waals surface area contributed by atoms with Crippen molar-refractivity contribution in [2.75, 3.05) is 0 Å². The van der Waals surface area contributed by atoms with Crippen LogP contribution in [0.15, 0.2) is 119 Å². The molecule has 44 heavy (non-hydrogen) atoms. The lowest BCUT2D eigenvalue weighted by molar-refractivity contribution is -0.139. The fraction of sp³-hybridized carbons (Fsp3) is 0.118. The number of halogens is 1. The van der Waals surface area contributed by atoms with Gasteiger partial charge in [0.2, 0.25) is 0 Å². The fourth-order valence-corrected chi connectivity index (χ4v) is 5.49. The van der Waals surface area contributed by atoms with E-state index in [1.165, 1.54) is 0 Å². The van der Waals surface area contributed by atoms with Gasteiger partial charge in [0.15, 0.2) is 11.3 Å². The Morgan fingerprint density at radius 1 is 0.864 bits per heavy atom. The smallest absolute Gasteiger partial charge is 0.325 e. The van der Waals surface area contributed by atoms with Gasteiger partial charge >= 0.3 is 5.97 Å². The molecule has 0 aliphatic carbocycles. The number of carbonyl (C=O) groups is 1. The van der Waals surface area contributed by atoms with Gasteiger partial charge in [0, 0.05) is 46.2 Å². The van der Waals surface area contributed by atoms with Gasteiger partial charge in [-0.05, 0) is 49.0 Å². The van der Waals surface area contributed by atoms with Crippen molar-refractivity contribution in [1.82, 2.24) is 20.6 Å². The average molecular weight is 652 g/mol. The van der Waals surface area contributed by atoms with Crippen LogP contribution in [0.2, 0.25) is 0 Å². The topological polar surface area (TPSA) is 120 Å². The molecule has 0 bridgehead atoms. The second-order valence-corrected chi connectivity index (χ2v) is 10.8. The lowest BCUT2D eigenvalue weighted by Gasteiger charge is -2.18. The molecular formula is C34H27BrN4O5. The van der Waals surface area contributed by atoms with Gasteiger partial charge in [-0.1, -0.05) is 84.9 Å². The van der Waals surface area contributed by atoms with Crippen LogP contribution in [0.1, 0.15) is 28.3 Å². The number of rotatable bonds is 12. The number of carboxylic acids is 1. The van der Waals surface area contributed by atoms with Crippen molar-refractivity contribution in [2.24, 2.45) is 0 Å². The highest BCUT2D eigenvalue weighted by molar-refractivity contribution is 9.10. The van der Waals surface area contributed by atoms with Crippen LogP contribution in [0.5, 0.6) is 11.5 Å². The third kappa shape index (κ3) is 6.46. The van der Waals surface area contributed by atoms with E-state index in [2.05, 4.69) is 54.7 Å². The lowest BCUT2D eigenvalue weighted by atomic mass is 10.0. The largest absolute Gasteiger partial charge is 0.488 e. The van der Waals surface area contributed by atoms with Gasteiger partial charge in [0.25, 0.3) is 0 Å². The number of nitrogens with one attached hydrogen (secondary N) is 1. The van der Waals surface area contributed by atoms with Gasteiger partial charge in [-0.3, -0.25) is 15.1 Å². The summed E-state index contributed by atoms with van der Waals surface area (Å²) in [5.41, 5.74) is 5.95. The molecule has 0 spiro atoms. The highest BCUT2D eigenvalue weighted by atomic mass is 79.9. The molecule has 0 saturated carbocycles. The molecule has 2 aromatic heterocycles. The molecule has 2 N–H and O–H groups in total. The molecular weight excluding hydrogens is 624 g/mol. The summed E-state index contributed by atoms with van der Waals surface area (Å²) in [6, 6.07) is 29.6. The predicted molar refractivity (Wildman–Crippen MR) is 168 cm³/mol. The zero-order valence-electron chi connectivity index (χ0n) is 23.4. The molecule has 0 amide bonds. The first-order valence-corrected chi connectivity index (χ1v) is 14.6. The third-order valence-electron chi connectivity index (χ3n) is 7.09. The summed E-state index contributed by atoms with van der Waals surface area (Å²) in [4.78, 5) is 16.3. The third-order valence-corrected chi connectivity index (χ3v) is 8.03. The van der Waals surface area contributed by atoms with Crippen molar-refractivity contribution in [2.45, 2.75) is 25.8 Å². The van der Waals surface area contributed by atoms with Gasteiger partial charge in [0.05, 0.1) is 0 Å². The standard InChI is InChI=1S/C34H27BrN4O5/c35-30-25(14-7-15-26(30)23-10-3-1-4-11-23)21-43-29-17-28(42-20-22-9-8-16-36-18-22)27(32-33(29)39-44-38-32)19-37-31(34(40)41)24-12-5-2-6-13-24/h1-18,31,37H,19-21H2,(H,40,41)/t31-/m1/s1. The van der Waals surface area contributed by atoms with Crippen molar-refractivity contribution in [1.29, 1.82) is 0 Å². The minimum atomic E-state index is -1.01. The summed E-state index contributed by atoms with van der Waals surface area (Å²) in [5.74, 6) is -0.137. The zero-order valence-corrected chi connectivity index (χ0v) is 25.0. The quantitative estimate of drug-likeness (QED) is 0.143. The molecule has 0 aliphatic rings. The van der Waals surface area contributed by atoms with Crippen molar-refractivity contribution < 1.29 is 24.0 Å². The molecule has 220 valence electrons. The summed E-state index contributed by atoms with van der Waals surface area (Å²) in [7, 11) is 0. The predicted octanol–water partition coefficient (Wildman–Crippen LogP) is 7.12. The van der Waals surface area contributed by atoms with Gasteiger partial charge in [-0.15, -0.1) is 0 Å². The Balaban J connectivity index is 1.32. The van der Waals surface area contributed by atoms with Crippen LogP contribution in [0.4, 0.5) is 0 Å². The number of fused-ring (bicyclic) bond motifs is 1. The summed E-state index contributed by atoms with van der Waals surface area (Å²) in [5, 5.41) is 21.4. The minimum Gasteiger partial charge on any atom is -0.488 e. The normalized spacial score (nSPS) is 11.8. The molecule has 6 rings (SSSR count). The van der Waals surface area contributed by atoms with E-state index in [4.69, 9.17) is 14.1 Å². The van der Waals surface area contributed by atoms with E-state index in [1.807, 2.05) is 48.5 Å². The van der Waals surface area contributed by atoms with Gasteiger partial charge in [0.1, 0.15) is 30.5 Å². The van der Waals surface area contributed by atoms with Gasteiger partial charge < -0.3 is 14.6 Å². The summed E-state index contributed by atoms with van der Waals surface area (Å²) in [6.07, 6.45) is 3.41. The van der Waals surface area contributed by atoms with Crippen molar-refractivity contribution in [3.63, 3.8) is 0 Å². The molecule has 1 atom stereocenters. The molecule has 9 nitrogen and oxygen atoms in total. The molecule has 6 aromatic rings. The van der Waals surface area contributed by atoms with Crippen LogP contribution >= 0.6 is 15.9 Å². The van der Waals surface area contributed by atoms with E-state index < -0.39 is 12.0 Å². The summed E-state index contributed by atoms with van der Waals surface area (Å²) >= 11 is 3.76. The average Bonchev–Trinajstić information content (AvgIpc) is 3.56. The van der Waals surface area contributed by atoms with E-state index in [9.17, 15) is 9.90 Å². The number of hydrogen-bond donors (Lipinski definition) is 2. The zero-order chi connectivity index (χ0) is 30.3. The maximum absolute atomic E-state index is 12.2. The van der Waals surface area contributed by atoms with E-state index in [-0.39, 0.29) is 19.8 Å². The van der Waals surface area contributed by atoms with Crippen LogP contribution < -0.4 is 14.8 Å². The second-order valence-electron chi connectivity index (χ2n) is 9.96. The van der Waals surface area contributed by atoms with Gasteiger partial charge in [-0.2, -0.15) is 0 Å². The molecule has 0 unspecified atom stereocenters. The van der Waals surface area contributed by atoms with Crippen LogP contribution in [-0.4, -0.2) is 26.4 Å². The monoisotopic (exact) mass is 650 g/mol. The van der Waals surface area contributed by atoms with E-state index in [0.29, 0.717) is 33.7 Å². The molecule has 4 aromatic carbocycles. The number of aromatic nitrogens is 3. The molecule has 0 fully saturated rings. The Morgan fingerprint density at radius 3 is 2.36 bits per heavy atom. The van der Waals surface area contributed by atoms with Crippen molar-refractivity contribution >= 4 is 32.9 Å². The minimum absolute atomic E-state index is 0.115. The van der Waals surface area contributed by atoms with Gasteiger partial charge in [-0.25, -0.2) is 4.63 Å². The van der Waals surface area contributed by atoms with Crippen LogP contribution in [-0.2, 0) is 24.6 Å². The summed E-state index contributed by atoms with van der Waals surface area (Å²) in [6.45, 7) is 0.574. The Labute approximate surface area is 261 Å². The first-order chi connectivity index (χ1) is 21.6. The van der Waals surface area contributed by atoms with Crippen LogP contribution in [0.3, 0.4) is 0 Å². The van der Waals surface area contributed by atoms with E-state index in [1.54, 1.807) is 42.7 Å². The highest BCUT2D eigenvalue weighted by Crippen LogP contribution is 2.37. The summed E-state index contributed by atoms with van der Waals surface area (Å²) < 4.78 is 18.7. The second kappa shape index (κ2) is 13.5. The Kier molecular flexibility index (Phi) is 8.90. The number of nitrogens with zero attached hydrogens (tertiary/aromatic N) is 3. The first kappa shape index (κ1) is 29.0.